The first-order valence-corrected chi connectivity index (χ1v) is 6.72. The van der Waals surface area contributed by atoms with Gasteiger partial charge >= 0.3 is 5.97 Å². The van der Waals surface area contributed by atoms with Crippen molar-refractivity contribution in [2.45, 2.75) is 37.5 Å². The number of aryl methyl sites for hydroxylation is 1. The van der Waals surface area contributed by atoms with Gasteiger partial charge in [-0.3, -0.25) is 4.79 Å². The molecule has 0 unspecified atom stereocenters. The van der Waals surface area contributed by atoms with Crippen molar-refractivity contribution in [2.24, 2.45) is 5.73 Å². The lowest BCUT2D eigenvalue weighted by molar-refractivity contribution is -0.137. The predicted molar refractivity (Wildman–Crippen MR) is 70.5 cm³/mol. The van der Waals surface area contributed by atoms with Crippen LogP contribution in [0.4, 0.5) is 0 Å². The first-order chi connectivity index (χ1) is 8.60. The van der Waals surface area contributed by atoms with Gasteiger partial charge in [-0.15, -0.1) is 16.8 Å². The van der Waals surface area contributed by atoms with Crippen LogP contribution in [-0.2, 0) is 17.8 Å². The molecule has 7 heteroatoms. The van der Waals surface area contributed by atoms with Crippen LogP contribution in [0.15, 0.2) is 17.8 Å². The Hall–Kier alpha value is -1.34. The molecule has 18 heavy (non-hydrogen) atoms. The lowest BCUT2D eigenvalue weighted by atomic mass is 10.3. The van der Waals surface area contributed by atoms with Crippen molar-refractivity contribution in [3.8, 4) is 0 Å². The van der Waals surface area contributed by atoms with Crippen LogP contribution in [0, 0.1) is 0 Å². The van der Waals surface area contributed by atoms with Crippen LogP contribution < -0.4 is 5.73 Å². The van der Waals surface area contributed by atoms with Crippen molar-refractivity contribution in [1.82, 2.24) is 14.8 Å². The fraction of sp³-hybridized carbons (Fsp3) is 0.545. The summed E-state index contributed by atoms with van der Waals surface area (Å²) in [6.07, 6.45) is 3.59. The third kappa shape index (κ3) is 3.85. The molecule has 0 amide bonds. The average molecular weight is 270 g/mol. The van der Waals surface area contributed by atoms with E-state index < -0.39 is 12.0 Å². The van der Waals surface area contributed by atoms with E-state index in [1.165, 1.54) is 11.8 Å². The molecule has 100 valence electrons. The molecule has 0 aliphatic heterocycles. The molecule has 1 atom stereocenters. The molecular weight excluding hydrogens is 252 g/mol. The van der Waals surface area contributed by atoms with E-state index in [2.05, 4.69) is 23.7 Å². The van der Waals surface area contributed by atoms with Gasteiger partial charge in [0.25, 0.3) is 0 Å². The standard InChI is InChI=1S/C11H18N4O2S/c1-3-5-9-13-14-11(15(9)6-4-2)18-7-8(12)10(16)17/h4,8H,2-3,5-7,12H2,1H3,(H,16,17)/t8-/m0/s1. The highest BCUT2D eigenvalue weighted by molar-refractivity contribution is 7.99. The summed E-state index contributed by atoms with van der Waals surface area (Å²) in [6.45, 7) is 6.38. The zero-order chi connectivity index (χ0) is 13.5. The van der Waals surface area contributed by atoms with Crippen LogP contribution in [0.25, 0.3) is 0 Å². The first-order valence-electron chi connectivity index (χ1n) is 5.74. The molecule has 6 nitrogen and oxygen atoms in total. The molecule has 1 heterocycles. The van der Waals surface area contributed by atoms with Gasteiger partial charge in [-0.25, -0.2) is 0 Å². The summed E-state index contributed by atoms with van der Waals surface area (Å²) in [5, 5.41) is 17.6. The second-order valence-electron chi connectivity index (χ2n) is 3.80. The van der Waals surface area contributed by atoms with Gasteiger partial charge in [-0.05, 0) is 6.42 Å². The smallest absolute Gasteiger partial charge is 0.321 e. The molecule has 1 aromatic rings. The Bertz CT molecular complexity index is 419. The zero-order valence-electron chi connectivity index (χ0n) is 10.4. The Morgan fingerprint density at radius 3 is 2.94 bits per heavy atom. The molecule has 0 aromatic carbocycles. The zero-order valence-corrected chi connectivity index (χ0v) is 11.2. The molecule has 0 radical (unpaired) electrons. The normalized spacial score (nSPS) is 12.3. The van der Waals surface area contributed by atoms with E-state index in [-0.39, 0.29) is 5.75 Å². The number of allylic oxidation sites excluding steroid dienone is 1. The summed E-state index contributed by atoms with van der Waals surface area (Å²) >= 11 is 1.31. The fourth-order valence-corrected chi connectivity index (χ4v) is 2.29. The van der Waals surface area contributed by atoms with Crippen LogP contribution in [0.5, 0.6) is 0 Å². The number of hydrogen-bond donors (Lipinski definition) is 2. The van der Waals surface area contributed by atoms with E-state index in [0.29, 0.717) is 11.7 Å². The van der Waals surface area contributed by atoms with Crippen LogP contribution in [-0.4, -0.2) is 37.6 Å². The number of hydrogen-bond acceptors (Lipinski definition) is 5. The number of rotatable bonds is 8. The molecule has 0 fully saturated rings. The highest BCUT2D eigenvalue weighted by Gasteiger charge is 2.16. The van der Waals surface area contributed by atoms with E-state index in [1.54, 1.807) is 6.08 Å². The Labute approximate surface area is 110 Å². The maximum Gasteiger partial charge on any atom is 0.321 e. The van der Waals surface area contributed by atoms with Gasteiger partial charge in [-0.2, -0.15) is 0 Å². The van der Waals surface area contributed by atoms with Crippen LogP contribution in [0.1, 0.15) is 19.2 Å². The topological polar surface area (TPSA) is 94.0 Å². The maximum atomic E-state index is 10.6. The molecule has 0 spiro atoms. The minimum Gasteiger partial charge on any atom is -0.480 e. The lowest BCUT2D eigenvalue weighted by Crippen LogP contribution is -2.32. The molecule has 3 N–H and O–H groups in total. The van der Waals surface area contributed by atoms with Crippen LogP contribution in [0.3, 0.4) is 0 Å². The van der Waals surface area contributed by atoms with Gasteiger partial charge in [0, 0.05) is 18.7 Å². The van der Waals surface area contributed by atoms with Gasteiger partial charge < -0.3 is 15.4 Å². The minimum absolute atomic E-state index is 0.275. The summed E-state index contributed by atoms with van der Waals surface area (Å²) in [5.41, 5.74) is 5.46. The van der Waals surface area contributed by atoms with Gasteiger partial charge in [0.05, 0.1) is 0 Å². The number of nitrogens with zero attached hydrogens (tertiary/aromatic N) is 3. The molecular formula is C11H18N4O2S. The van der Waals surface area contributed by atoms with E-state index >= 15 is 0 Å². The van der Waals surface area contributed by atoms with Crippen molar-refractivity contribution in [2.75, 3.05) is 5.75 Å². The minimum atomic E-state index is -1.01. The Morgan fingerprint density at radius 1 is 1.67 bits per heavy atom. The van der Waals surface area contributed by atoms with Crippen molar-refractivity contribution in [3.63, 3.8) is 0 Å². The van der Waals surface area contributed by atoms with Gasteiger partial charge in [0.15, 0.2) is 5.16 Å². The van der Waals surface area contributed by atoms with Gasteiger partial charge in [-0.1, -0.05) is 24.8 Å². The number of nitrogens with two attached hydrogens (primary N) is 1. The molecule has 0 bridgehead atoms. The van der Waals surface area contributed by atoms with Crippen molar-refractivity contribution in [1.29, 1.82) is 0 Å². The second kappa shape index (κ2) is 7.17. The highest BCUT2D eigenvalue weighted by atomic mass is 32.2. The SMILES string of the molecule is C=CCn1c(CCC)nnc1SC[C@H](N)C(=O)O. The van der Waals surface area contributed by atoms with Crippen molar-refractivity contribution >= 4 is 17.7 Å². The third-order valence-corrected chi connectivity index (χ3v) is 3.37. The van der Waals surface area contributed by atoms with E-state index in [1.807, 2.05) is 4.57 Å². The van der Waals surface area contributed by atoms with E-state index in [9.17, 15) is 4.79 Å². The summed E-state index contributed by atoms with van der Waals surface area (Å²) in [4.78, 5) is 10.6. The van der Waals surface area contributed by atoms with E-state index in [0.717, 1.165) is 18.7 Å². The number of aliphatic carboxylic acids is 1. The summed E-state index contributed by atoms with van der Waals surface area (Å²) in [7, 11) is 0. The molecule has 0 saturated heterocycles. The maximum absolute atomic E-state index is 10.6. The van der Waals surface area contributed by atoms with Gasteiger partial charge in [0.2, 0.25) is 0 Å². The highest BCUT2D eigenvalue weighted by Crippen LogP contribution is 2.18. The second-order valence-corrected chi connectivity index (χ2v) is 4.79. The third-order valence-electron chi connectivity index (χ3n) is 2.29. The molecule has 0 saturated carbocycles. The first kappa shape index (κ1) is 14.7. The molecule has 1 aromatic heterocycles. The number of carbonyl (C=O) groups is 1. The van der Waals surface area contributed by atoms with Crippen LogP contribution in [0.2, 0.25) is 0 Å². The largest absolute Gasteiger partial charge is 0.480 e. The predicted octanol–water partition coefficient (Wildman–Crippen LogP) is 0.921. The number of thioether (sulfide) groups is 1. The Morgan fingerprint density at radius 2 is 2.39 bits per heavy atom. The lowest BCUT2D eigenvalue weighted by Gasteiger charge is -2.08. The van der Waals surface area contributed by atoms with Gasteiger partial charge in [0.1, 0.15) is 11.9 Å². The van der Waals surface area contributed by atoms with E-state index in [4.69, 9.17) is 10.8 Å². The van der Waals surface area contributed by atoms with Crippen molar-refractivity contribution in [3.05, 3.63) is 18.5 Å². The number of carboxylic acid groups (broad SMARTS) is 1. The molecule has 0 aliphatic rings. The average Bonchev–Trinajstić information content (AvgIpc) is 2.70. The molecule has 1 rings (SSSR count). The summed E-state index contributed by atoms with van der Waals surface area (Å²) in [6, 6.07) is -0.890. The number of carboxylic acids is 1. The Balaban J connectivity index is 2.75. The fourth-order valence-electron chi connectivity index (χ4n) is 1.38. The summed E-state index contributed by atoms with van der Waals surface area (Å²) in [5.74, 6) is 0.159. The van der Waals surface area contributed by atoms with Crippen molar-refractivity contribution < 1.29 is 9.90 Å². The Kier molecular flexibility index (Phi) is 5.87. The number of aromatic nitrogens is 3. The summed E-state index contributed by atoms with van der Waals surface area (Å²) < 4.78 is 1.94. The monoisotopic (exact) mass is 270 g/mol. The van der Waals surface area contributed by atoms with Crippen LogP contribution >= 0.6 is 11.8 Å². The molecule has 0 aliphatic carbocycles. The quantitative estimate of drug-likeness (QED) is 0.539.